The van der Waals surface area contributed by atoms with E-state index in [0.717, 1.165) is 37.8 Å². The van der Waals surface area contributed by atoms with Crippen molar-refractivity contribution in [1.82, 2.24) is 9.80 Å². The number of nitrogens with zero attached hydrogens (tertiary/aromatic N) is 3. The fourth-order valence-corrected chi connectivity index (χ4v) is 6.61. The van der Waals surface area contributed by atoms with Crippen LogP contribution in [0.3, 0.4) is 0 Å². The van der Waals surface area contributed by atoms with Crippen molar-refractivity contribution in [2.24, 2.45) is 0 Å². The molecule has 2 unspecified atom stereocenters. The Bertz CT molecular complexity index is 1110. The number of benzene rings is 2. The van der Waals surface area contributed by atoms with E-state index in [9.17, 15) is 9.59 Å². The summed E-state index contributed by atoms with van der Waals surface area (Å²) in [7, 11) is 5.71. The summed E-state index contributed by atoms with van der Waals surface area (Å²) >= 11 is 0. The fourth-order valence-electron chi connectivity index (χ4n) is 6.61. The first-order chi connectivity index (χ1) is 16.8. The molecule has 2 aromatic rings. The minimum atomic E-state index is -0.545. The van der Waals surface area contributed by atoms with Crippen LogP contribution in [0.15, 0.2) is 48.5 Å². The Morgan fingerprint density at radius 1 is 1.06 bits per heavy atom. The Morgan fingerprint density at radius 3 is 2.57 bits per heavy atom. The number of anilines is 1. The molecule has 0 spiro atoms. The molecule has 0 saturated carbocycles. The maximum absolute atomic E-state index is 13.5. The van der Waals surface area contributed by atoms with Crippen molar-refractivity contribution in [3.63, 3.8) is 0 Å². The zero-order valence-electron chi connectivity index (χ0n) is 21.1. The van der Waals surface area contributed by atoms with Gasteiger partial charge in [-0.2, -0.15) is 0 Å². The first-order valence-electron chi connectivity index (χ1n) is 12.5. The van der Waals surface area contributed by atoms with E-state index in [1.165, 1.54) is 18.4 Å². The van der Waals surface area contributed by atoms with E-state index in [1.54, 1.807) is 4.90 Å². The van der Waals surface area contributed by atoms with Gasteiger partial charge in [-0.25, -0.2) is 4.79 Å². The fraction of sp³-hybridized carbons (Fsp3) is 0.500. The first kappa shape index (κ1) is 23.7. The standard InChI is InChI=1S/C28H35N3O4/c1-28-15-17-29(2)26(28)30(3)22-14-13-20(18-21(22)28)35-27(33)31-16-9-8-12-23(31)24(25(32)34-4)19-10-6-5-7-11-19/h5-7,10-11,13-14,18,23-24,26H,8-9,12,15-17H2,1-4H3/t23?,24?,26-,28+/m1/s1. The second-order valence-corrected chi connectivity index (χ2v) is 10.3. The lowest BCUT2D eigenvalue weighted by Crippen LogP contribution is -2.49. The van der Waals surface area contributed by atoms with Gasteiger partial charge >= 0.3 is 12.1 Å². The first-order valence-corrected chi connectivity index (χ1v) is 12.5. The van der Waals surface area contributed by atoms with Crippen LogP contribution < -0.4 is 9.64 Å². The molecular formula is C28H35N3O4. The minimum Gasteiger partial charge on any atom is -0.468 e. The van der Waals surface area contributed by atoms with Crippen molar-refractivity contribution >= 4 is 17.7 Å². The third kappa shape index (κ3) is 3.96. The number of hydrogen-bond acceptors (Lipinski definition) is 6. The summed E-state index contributed by atoms with van der Waals surface area (Å²) in [5, 5.41) is 0. The molecule has 3 aliphatic rings. The highest BCUT2D eigenvalue weighted by Crippen LogP contribution is 2.51. The van der Waals surface area contributed by atoms with Crippen LogP contribution in [0.2, 0.25) is 0 Å². The Hall–Kier alpha value is -3.06. The van der Waals surface area contributed by atoms with Crippen LogP contribution in [0.25, 0.3) is 0 Å². The predicted molar refractivity (Wildman–Crippen MR) is 135 cm³/mol. The van der Waals surface area contributed by atoms with E-state index in [1.807, 2.05) is 42.5 Å². The highest BCUT2D eigenvalue weighted by Gasteiger charge is 2.52. The van der Waals surface area contributed by atoms with Gasteiger partial charge in [-0.3, -0.25) is 9.69 Å². The van der Waals surface area contributed by atoms with Gasteiger partial charge in [-0.15, -0.1) is 0 Å². The summed E-state index contributed by atoms with van der Waals surface area (Å²) in [5.74, 6) is -0.320. The van der Waals surface area contributed by atoms with Crippen LogP contribution >= 0.6 is 0 Å². The normalized spacial score (nSPS) is 26.7. The molecule has 0 aliphatic carbocycles. The number of ether oxygens (including phenoxy) is 2. The Labute approximate surface area is 207 Å². The number of methoxy groups -OCH3 is 1. The summed E-state index contributed by atoms with van der Waals surface area (Å²) in [5.41, 5.74) is 3.27. The molecule has 0 bridgehead atoms. The van der Waals surface area contributed by atoms with Crippen molar-refractivity contribution in [1.29, 1.82) is 0 Å². The second kappa shape index (κ2) is 9.19. The Morgan fingerprint density at radius 2 is 1.83 bits per heavy atom. The molecule has 35 heavy (non-hydrogen) atoms. The van der Waals surface area contributed by atoms with E-state index in [-0.39, 0.29) is 17.4 Å². The maximum atomic E-state index is 13.5. The third-order valence-electron chi connectivity index (χ3n) is 8.29. The lowest BCUT2D eigenvalue weighted by Gasteiger charge is -2.38. The van der Waals surface area contributed by atoms with Gasteiger partial charge in [-0.05, 0) is 62.1 Å². The summed E-state index contributed by atoms with van der Waals surface area (Å²) in [4.78, 5) is 32.8. The van der Waals surface area contributed by atoms with Crippen LogP contribution in [-0.2, 0) is 14.9 Å². The van der Waals surface area contributed by atoms with Gasteiger partial charge in [0.2, 0.25) is 0 Å². The second-order valence-electron chi connectivity index (χ2n) is 10.3. The van der Waals surface area contributed by atoms with Gasteiger partial charge in [-0.1, -0.05) is 37.3 Å². The van der Waals surface area contributed by atoms with Crippen LogP contribution in [0.5, 0.6) is 5.75 Å². The number of likely N-dealkylation sites (N-methyl/N-ethyl adjacent to an activating group) is 2. The summed E-state index contributed by atoms with van der Waals surface area (Å²) in [6.45, 7) is 3.90. The van der Waals surface area contributed by atoms with Crippen molar-refractivity contribution in [2.45, 2.75) is 56.1 Å². The summed E-state index contributed by atoms with van der Waals surface area (Å²) in [6, 6.07) is 15.3. The van der Waals surface area contributed by atoms with Gasteiger partial charge in [0.1, 0.15) is 11.7 Å². The molecule has 4 atom stereocenters. The quantitative estimate of drug-likeness (QED) is 0.610. The molecule has 2 fully saturated rings. The van der Waals surface area contributed by atoms with Crippen LogP contribution in [0, 0.1) is 0 Å². The van der Waals surface area contributed by atoms with E-state index in [2.05, 4.69) is 36.9 Å². The van der Waals surface area contributed by atoms with Crippen molar-refractivity contribution in [3.8, 4) is 5.75 Å². The number of esters is 1. The molecule has 3 heterocycles. The summed E-state index contributed by atoms with van der Waals surface area (Å²) < 4.78 is 11.1. The topological polar surface area (TPSA) is 62.3 Å². The largest absolute Gasteiger partial charge is 0.468 e. The molecule has 7 heteroatoms. The van der Waals surface area contributed by atoms with Gasteiger partial charge < -0.3 is 19.3 Å². The molecule has 1 amide bonds. The molecule has 7 nitrogen and oxygen atoms in total. The summed E-state index contributed by atoms with van der Waals surface area (Å²) in [6.07, 6.45) is 3.53. The lowest BCUT2D eigenvalue weighted by molar-refractivity contribution is -0.144. The lowest BCUT2D eigenvalue weighted by atomic mass is 9.81. The van der Waals surface area contributed by atoms with Crippen molar-refractivity contribution in [2.75, 3.05) is 39.2 Å². The van der Waals surface area contributed by atoms with Crippen LogP contribution in [0.4, 0.5) is 10.5 Å². The zero-order chi connectivity index (χ0) is 24.7. The third-order valence-corrected chi connectivity index (χ3v) is 8.29. The molecule has 2 saturated heterocycles. The van der Waals surface area contributed by atoms with Gasteiger partial charge in [0.15, 0.2) is 0 Å². The molecule has 186 valence electrons. The molecule has 5 rings (SSSR count). The molecule has 0 N–H and O–H groups in total. The van der Waals surface area contributed by atoms with E-state index in [4.69, 9.17) is 9.47 Å². The molecule has 0 radical (unpaired) electrons. The predicted octanol–water partition coefficient (Wildman–Crippen LogP) is 4.37. The number of fused-ring (bicyclic) bond motifs is 3. The SMILES string of the molecule is COC(=O)C(c1ccccc1)C1CCCCN1C(=O)Oc1ccc2c(c1)[C@]1(C)CCN(C)[C@@H]1N2C. The molecule has 3 aliphatic heterocycles. The van der Waals surface area contributed by atoms with Gasteiger partial charge in [0.25, 0.3) is 0 Å². The number of piperidine rings is 1. The average Bonchev–Trinajstić information content (AvgIpc) is 3.30. The highest BCUT2D eigenvalue weighted by molar-refractivity contribution is 5.81. The minimum absolute atomic E-state index is 0.00179. The zero-order valence-corrected chi connectivity index (χ0v) is 21.1. The molecule has 0 aromatic heterocycles. The van der Waals surface area contributed by atoms with E-state index in [0.29, 0.717) is 18.5 Å². The van der Waals surface area contributed by atoms with Crippen LogP contribution in [-0.4, -0.2) is 68.4 Å². The Balaban J connectivity index is 1.40. The smallest absolute Gasteiger partial charge is 0.415 e. The number of carbonyl (C=O) groups is 2. The average molecular weight is 478 g/mol. The number of likely N-dealkylation sites (tertiary alicyclic amines) is 2. The number of carbonyl (C=O) groups excluding carboxylic acids is 2. The number of hydrogen-bond donors (Lipinski definition) is 0. The molecule has 2 aromatic carbocycles. The number of rotatable bonds is 4. The highest BCUT2D eigenvalue weighted by atomic mass is 16.6. The van der Waals surface area contributed by atoms with Crippen molar-refractivity contribution < 1.29 is 19.1 Å². The number of amides is 1. The monoisotopic (exact) mass is 477 g/mol. The van der Waals surface area contributed by atoms with Gasteiger partial charge in [0, 0.05) is 31.2 Å². The molecular weight excluding hydrogens is 442 g/mol. The van der Waals surface area contributed by atoms with E-state index < -0.39 is 12.0 Å². The van der Waals surface area contributed by atoms with Crippen LogP contribution in [0.1, 0.15) is 49.7 Å². The van der Waals surface area contributed by atoms with Gasteiger partial charge in [0.05, 0.1) is 19.3 Å². The van der Waals surface area contributed by atoms with E-state index >= 15 is 0 Å². The maximum Gasteiger partial charge on any atom is 0.415 e. The Kier molecular flexibility index (Phi) is 6.21. The van der Waals surface area contributed by atoms with Crippen molar-refractivity contribution in [3.05, 3.63) is 59.7 Å².